The minimum absolute atomic E-state index is 0.126. The fourth-order valence-corrected chi connectivity index (χ4v) is 5.00. The molecule has 0 unspecified atom stereocenters. The topological polar surface area (TPSA) is 98.7 Å². The van der Waals surface area contributed by atoms with Gasteiger partial charge < -0.3 is 10.6 Å². The van der Waals surface area contributed by atoms with E-state index < -0.39 is 29.8 Å². The van der Waals surface area contributed by atoms with Crippen LogP contribution >= 0.6 is 23.1 Å². The van der Waals surface area contributed by atoms with E-state index in [2.05, 4.69) is 24.5 Å². The van der Waals surface area contributed by atoms with Gasteiger partial charge in [-0.05, 0) is 29.3 Å². The maximum Gasteiger partial charge on any atom is 0.349 e. The Morgan fingerprint density at radius 2 is 1.81 bits per heavy atom. The molecular weight excluding hydrogens is 446 g/mol. The number of nitrogens with one attached hydrogen (secondary N) is 2. The van der Waals surface area contributed by atoms with Gasteiger partial charge in [0.2, 0.25) is 5.91 Å². The molecule has 0 bridgehead atoms. The summed E-state index contributed by atoms with van der Waals surface area (Å²) in [4.78, 5) is 37.9. The van der Waals surface area contributed by atoms with Crippen molar-refractivity contribution in [2.75, 3.05) is 12.8 Å². The molecule has 3 N–H and O–H groups in total. The van der Waals surface area contributed by atoms with Crippen LogP contribution in [0.1, 0.15) is 32.3 Å². The van der Waals surface area contributed by atoms with E-state index in [4.69, 9.17) is 0 Å². The number of urea groups is 1. The SMILES string of the molecule is CNC(=O)[C@H](Cc1ccccc1)NC(=O)N(O)C(=O)[C@H](CCC(C)C)CSc1cccs1. The highest BCUT2D eigenvalue weighted by Crippen LogP contribution is 2.28. The summed E-state index contributed by atoms with van der Waals surface area (Å²) in [7, 11) is 1.47. The molecule has 4 amide bonds. The molecule has 0 radical (unpaired) electrons. The van der Waals surface area contributed by atoms with Gasteiger partial charge in [-0.3, -0.25) is 14.8 Å². The summed E-state index contributed by atoms with van der Waals surface area (Å²) < 4.78 is 1.07. The van der Waals surface area contributed by atoms with Gasteiger partial charge in [0.1, 0.15) is 6.04 Å². The number of thiophene rings is 1. The fourth-order valence-electron chi connectivity index (χ4n) is 3.06. The van der Waals surface area contributed by atoms with Crippen molar-refractivity contribution >= 4 is 40.9 Å². The quantitative estimate of drug-likeness (QED) is 0.256. The van der Waals surface area contributed by atoms with E-state index in [0.717, 1.165) is 16.2 Å². The van der Waals surface area contributed by atoms with Crippen LogP contribution in [-0.4, -0.2) is 47.0 Å². The third-order valence-electron chi connectivity index (χ3n) is 4.91. The number of nitrogens with zero attached hydrogens (tertiary/aromatic N) is 1. The van der Waals surface area contributed by atoms with Gasteiger partial charge in [0.15, 0.2) is 0 Å². The molecule has 7 nitrogen and oxygen atoms in total. The highest BCUT2D eigenvalue weighted by molar-refractivity contribution is 8.01. The number of benzene rings is 1. The van der Waals surface area contributed by atoms with Crippen LogP contribution in [0, 0.1) is 11.8 Å². The molecule has 1 aromatic carbocycles. The predicted octanol–water partition coefficient (Wildman–Crippen LogP) is 4.18. The van der Waals surface area contributed by atoms with Crippen LogP contribution in [0.4, 0.5) is 4.79 Å². The Balaban J connectivity index is 2.05. The third kappa shape index (κ3) is 8.29. The Kier molecular flexibility index (Phi) is 10.7. The Bertz CT molecular complexity index is 859. The first kappa shape index (κ1) is 25.9. The zero-order valence-corrected chi connectivity index (χ0v) is 20.2. The number of hydrogen-bond donors (Lipinski definition) is 3. The van der Waals surface area contributed by atoms with Crippen LogP contribution in [0.2, 0.25) is 0 Å². The first-order valence-electron chi connectivity index (χ1n) is 10.6. The van der Waals surface area contributed by atoms with Crippen molar-refractivity contribution in [3.05, 3.63) is 53.4 Å². The lowest BCUT2D eigenvalue weighted by molar-refractivity contribution is -0.157. The second-order valence-corrected chi connectivity index (χ2v) is 10.1. The molecule has 0 aliphatic heterocycles. The second-order valence-electron chi connectivity index (χ2n) is 7.87. The van der Waals surface area contributed by atoms with E-state index in [1.54, 1.807) is 11.3 Å². The lowest BCUT2D eigenvalue weighted by atomic mass is 9.98. The molecule has 1 aromatic heterocycles. The molecule has 0 fully saturated rings. The van der Waals surface area contributed by atoms with Crippen LogP contribution in [0.25, 0.3) is 0 Å². The summed E-state index contributed by atoms with van der Waals surface area (Å²) in [6.07, 6.45) is 1.59. The van der Waals surface area contributed by atoms with Crippen molar-refractivity contribution < 1.29 is 19.6 Å². The summed E-state index contributed by atoms with van der Waals surface area (Å²) in [6.45, 7) is 4.13. The Hall–Kier alpha value is -2.36. The molecule has 0 saturated carbocycles. The molecule has 0 aliphatic carbocycles. The van der Waals surface area contributed by atoms with E-state index in [-0.39, 0.29) is 11.5 Å². The van der Waals surface area contributed by atoms with Crippen molar-refractivity contribution in [2.24, 2.45) is 11.8 Å². The first-order valence-corrected chi connectivity index (χ1v) is 12.4. The number of hydroxylamine groups is 2. The Labute approximate surface area is 197 Å². The molecule has 9 heteroatoms. The lowest BCUT2D eigenvalue weighted by Gasteiger charge is -2.24. The normalized spacial score (nSPS) is 12.8. The molecule has 0 saturated heterocycles. The number of rotatable bonds is 11. The maximum atomic E-state index is 12.9. The second kappa shape index (κ2) is 13.2. The minimum atomic E-state index is -1.00. The fraction of sp³-hybridized carbons (Fsp3) is 0.435. The largest absolute Gasteiger partial charge is 0.357 e. The van der Waals surface area contributed by atoms with Crippen LogP contribution in [0.3, 0.4) is 0 Å². The van der Waals surface area contributed by atoms with Crippen molar-refractivity contribution in [3.63, 3.8) is 0 Å². The van der Waals surface area contributed by atoms with Gasteiger partial charge in [-0.1, -0.05) is 56.7 Å². The molecule has 0 aliphatic rings. The summed E-state index contributed by atoms with van der Waals surface area (Å²) in [5.74, 6) is -0.746. The summed E-state index contributed by atoms with van der Waals surface area (Å²) in [6, 6.07) is 11.2. The molecule has 2 rings (SSSR count). The van der Waals surface area contributed by atoms with Crippen molar-refractivity contribution in [1.29, 1.82) is 0 Å². The van der Waals surface area contributed by atoms with Crippen LogP contribution in [0.5, 0.6) is 0 Å². The van der Waals surface area contributed by atoms with Crippen LogP contribution in [0.15, 0.2) is 52.1 Å². The molecule has 174 valence electrons. The van der Waals surface area contributed by atoms with Gasteiger partial charge >= 0.3 is 6.03 Å². The zero-order chi connectivity index (χ0) is 23.5. The number of amides is 4. The molecule has 2 aromatic rings. The van der Waals surface area contributed by atoms with Crippen LogP contribution in [-0.2, 0) is 16.0 Å². The summed E-state index contributed by atoms with van der Waals surface area (Å²) in [5.41, 5.74) is 0.847. The van der Waals surface area contributed by atoms with Crippen molar-refractivity contribution in [2.45, 2.75) is 43.4 Å². The number of carbonyl (C=O) groups excluding carboxylic acids is 3. The van der Waals surface area contributed by atoms with Gasteiger partial charge in [0.05, 0.1) is 10.1 Å². The van der Waals surface area contributed by atoms with Gasteiger partial charge in [0.25, 0.3) is 5.91 Å². The highest BCUT2D eigenvalue weighted by atomic mass is 32.2. The Morgan fingerprint density at radius 3 is 2.41 bits per heavy atom. The molecule has 32 heavy (non-hydrogen) atoms. The van der Waals surface area contributed by atoms with Gasteiger partial charge in [-0.25, -0.2) is 4.79 Å². The number of likely N-dealkylation sites (N-methyl/N-ethyl adjacent to an activating group) is 1. The van der Waals surface area contributed by atoms with E-state index in [1.807, 2.05) is 47.8 Å². The van der Waals surface area contributed by atoms with E-state index in [1.165, 1.54) is 18.8 Å². The zero-order valence-electron chi connectivity index (χ0n) is 18.6. The lowest BCUT2D eigenvalue weighted by Crippen LogP contribution is -2.53. The van der Waals surface area contributed by atoms with Gasteiger partial charge in [0, 0.05) is 19.2 Å². The average molecular weight is 478 g/mol. The van der Waals surface area contributed by atoms with E-state index in [9.17, 15) is 19.6 Å². The van der Waals surface area contributed by atoms with Gasteiger partial charge in [-0.15, -0.1) is 28.2 Å². The maximum absolute atomic E-state index is 12.9. The molecule has 1 heterocycles. The van der Waals surface area contributed by atoms with Gasteiger partial charge in [-0.2, -0.15) is 0 Å². The Morgan fingerprint density at radius 1 is 1.09 bits per heavy atom. The predicted molar refractivity (Wildman–Crippen MR) is 128 cm³/mol. The monoisotopic (exact) mass is 477 g/mol. The number of carbonyl (C=O) groups is 3. The number of hydrogen-bond acceptors (Lipinski definition) is 6. The summed E-state index contributed by atoms with van der Waals surface area (Å²) in [5, 5.41) is 17.5. The van der Waals surface area contributed by atoms with E-state index in [0.29, 0.717) is 18.1 Å². The minimum Gasteiger partial charge on any atom is -0.357 e. The summed E-state index contributed by atoms with van der Waals surface area (Å²) >= 11 is 3.12. The van der Waals surface area contributed by atoms with Crippen molar-refractivity contribution in [3.8, 4) is 0 Å². The smallest absolute Gasteiger partial charge is 0.349 e. The average Bonchev–Trinajstić information content (AvgIpc) is 3.31. The number of thioether (sulfide) groups is 1. The number of imide groups is 1. The third-order valence-corrected chi connectivity index (χ3v) is 7.20. The highest BCUT2D eigenvalue weighted by Gasteiger charge is 2.31. The molecule has 2 atom stereocenters. The van der Waals surface area contributed by atoms with E-state index >= 15 is 0 Å². The molecule has 0 spiro atoms. The first-order chi connectivity index (χ1) is 15.3. The van der Waals surface area contributed by atoms with Crippen LogP contribution < -0.4 is 10.6 Å². The molecular formula is C23H31N3O4S2. The van der Waals surface area contributed by atoms with Crippen molar-refractivity contribution in [1.82, 2.24) is 15.7 Å². The standard InChI is InChI=1S/C23H31N3O4S2/c1-16(2)11-12-18(15-32-20-10-7-13-31-20)22(28)26(30)23(29)25-19(21(27)24-3)14-17-8-5-4-6-9-17/h4-10,13,16,18-19,30H,11-12,14-15H2,1-3H3,(H,24,27)(H,25,29)/t18-,19+/m1/s1.